The van der Waals surface area contributed by atoms with E-state index in [1.807, 2.05) is 0 Å². The molecule has 0 aliphatic rings. The van der Waals surface area contributed by atoms with Crippen molar-refractivity contribution in [3.8, 4) is 0 Å². The van der Waals surface area contributed by atoms with Gasteiger partial charge in [0.1, 0.15) is 0 Å². The Kier molecular flexibility index (Phi) is 7660. The zero-order valence-corrected chi connectivity index (χ0v) is 13.3. The molecule has 0 saturated heterocycles. The van der Waals surface area contributed by atoms with E-state index in [0.29, 0.717) is 0 Å². The van der Waals surface area contributed by atoms with Gasteiger partial charge < -0.3 is 53.4 Å². The second kappa shape index (κ2) is 1300. The van der Waals surface area contributed by atoms with Gasteiger partial charge in [0.2, 0.25) is 0 Å². The molecule has 0 fully saturated rings. The quantitative estimate of drug-likeness (QED) is 0.214. The fourth-order valence-electron chi connectivity index (χ4n) is 0. The fraction of sp³-hybridized carbons (Fsp3) is 0. The van der Waals surface area contributed by atoms with Gasteiger partial charge in [0.25, 0.3) is 0 Å². The Morgan fingerprint density at radius 2 is 0.217 bits per heavy atom. The Balaban J connectivity index is -0.00000000433. The molecular formula is C10H12Fe2O11. The maximum atomic E-state index is 7.75. The van der Waals surface area contributed by atoms with E-state index < -0.39 is 0 Å². The summed E-state index contributed by atoms with van der Waals surface area (Å²) in [5, 5.41) is 0. The molecule has 0 aromatic carbocycles. The van der Waals surface area contributed by atoms with Crippen molar-refractivity contribution in [1.29, 1.82) is 0 Å². The van der Waals surface area contributed by atoms with Gasteiger partial charge in [0, 0.05) is 0 Å². The van der Waals surface area contributed by atoms with Gasteiger partial charge in [-0.25, -0.2) is 0 Å². The first-order valence-electron chi connectivity index (χ1n) is 2.36. The molecule has 2 radical (unpaired) electrons. The molecule has 0 rings (SSSR count). The third kappa shape index (κ3) is 1170. The molecule has 0 spiro atoms. The second-order valence-electron chi connectivity index (χ2n) is 0. The predicted molar refractivity (Wildman–Crippen MR) is 71.1 cm³/mol. The van der Waals surface area contributed by atoms with Gasteiger partial charge in [-0.3, -0.25) is 67.9 Å². The smallest absolute Gasteiger partial charge is 0.545 e. The minimum Gasteiger partial charge on any atom is -0.545 e. The summed E-state index contributed by atoms with van der Waals surface area (Å²) >= 11 is 0. The van der Waals surface area contributed by atoms with Crippen molar-refractivity contribution in [2.24, 2.45) is 0 Å². The van der Waals surface area contributed by atoms with Crippen LogP contribution < -0.4 is 0 Å². The monoisotopic (exact) mass is 420 g/mol. The summed E-state index contributed by atoms with van der Waals surface area (Å²) in [6, 6.07) is 0. The third-order valence-corrected chi connectivity index (χ3v) is 0. The van der Waals surface area contributed by atoms with E-state index in [1.54, 1.807) is 0 Å². The van der Waals surface area contributed by atoms with Crippen LogP contribution in [0.15, 0.2) is 0 Å². The van der Waals surface area contributed by atoms with Crippen LogP contribution in [0.2, 0.25) is 0 Å². The summed E-state index contributed by atoms with van der Waals surface area (Å²) in [6.07, 6.45) is 0. The molecule has 0 bridgehead atoms. The maximum Gasteiger partial charge on any atom is 5.00 e. The molecule has 134 valence electrons. The Hall–Kier alpha value is -2.30. The number of hydrogen-bond acceptors (Lipinski definition) is 10. The predicted octanol–water partition coefficient (Wildman–Crippen LogP) is -3.57. The molecule has 0 amide bonds. The summed E-state index contributed by atoms with van der Waals surface area (Å²) in [7, 11) is 0. The average Bonchev–Trinajstić information content (AvgIpc) is 2.71. The van der Waals surface area contributed by atoms with Crippen LogP contribution in [0.3, 0.4) is 0 Å². The van der Waals surface area contributed by atoms with Crippen molar-refractivity contribution < 1.29 is 87.6 Å². The van der Waals surface area contributed by atoms with E-state index in [-0.39, 0.29) is 39.6 Å². The summed E-state index contributed by atoms with van der Waals surface area (Å²) in [4.78, 5) is 77.5. The van der Waals surface area contributed by atoms with Crippen LogP contribution in [-0.2, 0) is 82.1 Å². The molecular weight excluding hydrogens is 408 g/mol. The molecule has 23 heavy (non-hydrogen) atoms. The van der Waals surface area contributed by atoms with Crippen molar-refractivity contribution in [2.75, 3.05) is 0 Å². The normalized spacial score (nSPS) is 1.74. The van der Waals surface area contributed by atoms with Crippen LogP contribution in [0, 0.1) is 0 Å². The van der Waals surface area contributed by atoms with E-state index >= 15 is 0 Å². The van der Waals surface area contributed by atoms with Gasteiger partial charge in [-0.15, -0.1) is 0 Å². The first-order chi connectivity index (χ1) is 10.0. The number of rotatable bonds is 0. The molecule has 0 aromatic rings. The molecule has 0 saturated carbocycles. The van der Waals surface area contributed by atoms with Crippen molar-refractivity contribution in [3.63, 3.8) is 0 Å². The van der Waals surface area contributed by atoms with E-state index in [2.05, 4.69) is 67.9 Å². The molecule has 0 unspecified atom stereocenters. The second-order valence-corrected chi connectivity index (χ2v) is 0. The number of carbonyl (C=O) groups excluding carboxylic acids is 10. The van der Waals surface area contributed by atoms with E-state index in [0.717, 1.165) is 0 Å². The van der Waals surface area contributed by atoms with E-state index in [4.69, 9.17) is 47.9 Å². The zero-order valence-electron chi connectivity index (χ0n) is 11.1. The minimum absolute atomic E-state index is 0. The van der Waals surface area contributed by atoms with Gasteiger partial charge in [-0.2, -0.15) is 0 Å². The molecule has 2 N–H and O–H groups in total. The average molecular weight is 420 g/mol. The van der Waals surface area contributed by atoms with Crippen LogP contribution in [0.4, 0.5) is 0 Å². The third-order valence-electron chi connectivity index (χ3n) is 0. The molecule has 0 aliphatic carbocycles. The van der Waals surface area contributed by atoms with Gasteiger partial charge in [-0.05, 0) is 0 Å². The van der Waals surface area contributed by atoms with Gasteiger partial charge in [0.05, 0.1) is 0 Å². The van der Waals surface area contributed by atoms with Crippen LogP contribution in [-0.4, -0.2) is 73.4 Å². The molecule has 0 aromatic heterocycles. The minimum atomic E-state index is 0. The van der Waals surface area contributed by atoms with Crippen LogP contribution in [0.25, 0.3) is 0 Å². The standard InChI is InChI=1S/10CHO.2Fe.H2O/c10*1-2;;;/h10*1H;;;1H2/q10*-1;2*+5;. The Morgan fingerprint density at radius 1 is 0.217 bits per heavy atom. The van der Waals surface area contributed by atoms with Gasteiger partial charge in [0.15, 0.2) is 0 Å². The van der Waals surface area contributed by atoms with Crippen molar-refractivity contribution in [2.45, 2.75) is 0 Å². The zero-order chi connectivity index (χ0) is 20.0. The summed E-state index contributed by atoms with van der Waals surface area (Å²) in [6.45, 7) is 32.5. The van der Waals surface area contributed by atoms with Crippen molar-refractivity contribution >= 4 is 67.9 Å². The first kappa shape index (κ1) is 136. The molecule has 13 heteroatoms. The molecule has 0 atom stereocenters. The van der Waals surface area contributed by atoms with E-state index in [9.17, 15) is 0 Å². The van der Waals surface area contributed by atoms with Gasteiger partial charge >= 0.3 is 34.1 Å². The fourth-order valence-corrected chi connectivity index (χ4v) is 0. The van der Waals surface area contributed by atoms with Gasteiger partial charge in [-0.1, -0.05) is 0 Å². The Labute approximate surface area is 155 Å². The van der Waals surface area contributed by atoms with Crippen LogP contribution in [0.5, 0.6) is 0 Å². The maximum absolute atomic E-state index is 7.75. The van der Waals surface area contributed by atoms with Crippen LogP contribution in [0.1, 0.15) is 0 Å². The Bertz CT molecular complexity index is 64.0. The molecule has 11 nitrogen and oxygen atoms in total. The molecule has 0 heterocycles. The SMILES string of the molecule is O.[CH-]=O.[CH-]=O.[CH-]=O.[CH-]=O.[CH-]=O.[CH-]=O.[CH-]=O.[CH-]=O.[CH-]=O.[CH-]=O.[Fe+5].[Fe+5]. The topological polar surface area (TPSA) is 202 Å². The summed E-state index contributed by atoms with van der Waals surface area (Å²) < 4.78 is 0. The van der Waals surface area contributed by atoms with E-state index in [1.165, 1.54) is 0 Å². The summed E-state index contributed by atoms with van der Waals surface area (Å²) in [5.74, 6) is 0. The number of hydrogen-bond donors (Lipinski definition) is 0. The van der Waals surface area contributed by atoms with Crippen molar-refractivity contribution in [1.82, 2.24) is 0 Å². The summed E-state index contributed by atoms with van der Waals surface area (Å²) in [5.41, 5.74) is 0. The van der Waals surface area contributed by atoms with Crippen LogP contribution >= 0.6 is 0 Å². The Morgan fingerprint density at radius 3 is 0.217 bits per heavy atom. The molecule has 0 aliphatic heterocycles. The largest absolute Gasteiger partial charge is 5.00 e. The first-order valence-corrected chi connectivity index (χ1v) is 2.36. The van der Waals surface area contributed by atoms with Crippen molar-refractivity contribution in [3.05, 3.63) is 0 Å².